The van der Waals surface area contributed by atoms with Crippen LogP contribution in [0.3, 0.4) is 0 Å². The third kappa shape index (κ3) is 4.73. The van der Waals surface area contributed by atoms with Crippen LogP contribution in [0.2, 0.25) is 0 Å². The lowest BCUT2D eigenvalue weighted by Crippen LogP contribution is -2.45. The molecule has 0 aliphatic rings. The van der Waals surface area contributed by atoms with E-state index in [1.807, 2.05) is 63.2 Å². The van der Waals surface area contributed by atoms with Crippen molar-refractivity contribution in [3.8, 4) is 0 Å². The molecule has 5 heteroatoms. The van der Waals surface area contributed by atoms with Crippen LogP contribution < -0.4 is 10.6 Å². The predicted molar refractivity (Wildman–Crippen MR) is 96.0 cm³/mol. The topological polar surface area (TPSA) is 75.8 Å². The Labute approximate surface area is 142 Å². The van der Waals surface area contributed by atoms with Crippen LogP contribution in [0.15, 0.2) is 48.5 Å². The molecule has 0 bridgehead atoms. The molecule has 0 heterocycles. The van der Waals surface area contributed by atoms with Gasteiger partial charge in [-0.15, -0.1) is 0 Å². The number of rotatable bonds is 5. The van der Waals surface area contributed by atoms with Crippen LogP contribution in [-0.4, -0.2) is 16.7 Å². The number of nitrogens with zero attached hydrogens (tertiary/aromatic N) is 1. The van der Waals surface area contributed by atoms with Gasteiger partial charge in [-0.05, 0) is 56.2 Å². The largest absolute Gasteiger partial charge is 0.465 e. The van der Waals surface area contributed by atoms with E-state index in [2.05, 4.69) is 0 Å². The Kier molecular flexibility index (Phi) is 5.46. The average molecular weight is 328 g/mol. The Balaban J connectivity index is 2.06. The van der Waals surface area contributed by atoms with Gasteiger partial charge in [0, 0.05) is 16.9 Å². The maximum Gasteiger partial charge on any atom is 0.412 e. The molecular weight excluding hydrogens is 304 g/mol. The second-order valence-electron chi connectivity index (χ2n) is 6.70. The summed E-state index contributed by atoms with van der Waals surface area (Å²) >= 11 is 0. The third-order valence-corrected chi connectivity index (χ3v) is 3.52. The molecule has 128 valence electrons. The minimum absolute atomic E-state index is 0.403. The molecule has 3 N–H and O–H groups in total. The minimum Gasteiger partial charge on any atom is -0.465 e. The highest BCUT2D eigenvalue weighted by atomic mass is 16.5. The SMILES string of the molecule is CC(C)(C)N(C(=O)O)c1cccc(COCc2cccc(N)c2)c1. The summed E-state index contributed by atoms with van der Waals surface area (Å²) in [6.45, 7) is 6.45. The summed E-state index contributed by atoms with van der Waals surface area (Å²) in [5, 5.41) is 9.49. The number of anilines is 2. The van der Waals surface area contributed by atoms with Crippen LogP contribution in [0.25, 0.3) is 0 Å². The van der Waals surface area contributed by atoms with E-state index >= 15 is 0 Å². The van der Waals surface area contributed by atoms with Crippen LogP contribution in [-0.2, 0) is 18.0 Å². The average Bonchev–Trinajstić information content (AvgIpc) is 2.46. The van der Waals surface area contributed by atoms with Gasteiger partial charge in [0.25, 0.3) is 0 Å². The molecule has 0 unspecified atom stereocenters. The van der Waals surface area contributed by atoms with Crippen LogP contribution in [0, 0.1) is 0 Å². The van der Waals surface area contributed by atoms with Crippen molar-refractivity contribution < 1.29 is 14.6 Å². The molecule has 0 radical (unpaired) electrons. The number of ether oxygens (including phenoxy) is 1. The van der Waals surface area contributed by atoms with Gasteiger partial charge in [-0.1, -0.05) is 24.3 Å². The molecule has 0 saturated carbocycles. The summed E-state index contributed by atoms with van der Waals surface area (Å²) < 4.78 is 5.72. The molecule has 2 rings (SSSR count). The number of amides is 1. The summed E-state index contributed by atoms with van der Waals surface area (Å²) in [6, 6.07) is 15.0. The van der Waals surface area contributed by atoms with Gasteiger partial charge in [0.2, 0.25) is 0 Å². The number of nitrogen functional groups attached to an aromatic ring is 1. The van der Waals surface area contributed by atoms with Crippen molar-refractivity contribution in [2.45, 2.75) is 39.5 Å². The first-order chi connectivity index (χ1) is 11.3. The van der Waals surface area contributed by atoms with Crippen molar-refractivity contribution in [1.82, 2.24) is 0 Å². The zero-order valence-electron chi connectivity index (χ0n) is 14.3. The van der Waals surface area contributed by atoms with E-state index in [0.717, 1.165) is 11.1 Å². The van der Waals surface area contributed by atoms with Gasteiger partial charge >= 0.3 is 6.09 Å². The first kappa shape index (κ1) is 17.8. The molecule has 5 nitrogen and oxygen atoms in total. The number of nitrogens with two attached hydrogens (primary N) is 1. The van der Waals surface area contributed by atoms with E-state index in [4.69, 9.17) is 10.5 Å². The second kappa shape index (κ2) is 7.36. The van der Waals surface area contributed by atoms with Gasteiger partial charge in [0.05, 0.1) is 13.2 Å². The molecular formula is C19H24N2O3. The molecule has 0 aliphatic carbocycles. The Morgan fingerprint density at radius 2 is 1.67 bits per heavy atom. The van der Waals surface area contributed by atoms with Crippen molar-refractivity contribution in [3.05, 3.63) is 59.7 Å². The predicted octanol–water partition coefficient (Wildman–Crippen LogP) is 4.27. The lowest BCUT2D eigenvalue weighted by Gasteiger charge is -2.33. The minimum atomic E-state index is -0.972. The molecule has 0 spiro atoms. The number of hydrogen-bond donors (Lipinski definition) is 2. The van der Waals surface area contributed by atoms with Gasteiger partial charge in [-0.2, -0.15) is 0 Å². The first-order valence-corrected chi connectivity index (χ1v) is 7.81. The Hall–Kier alpha value is -2.53. The molecule has 0 fully saturated rings. The second-order valence-corrected chi connectivity index (χ2v) is 6.70. The molecule has 0 saturated heterocycles. The highest BCUT2D eigenvalue weighted by molar-refractivity contribution is 5.87. The number of benzene rings is 2. The van der Waals surface area contributed by atoms with E-state index in [1.54, 1.807) is 6.07 Å². The van der Waals surface area contributed by atoms with E-state index in [-0.39, 0.29) is 0 Å². The van der Waals surface area contributed by atoms with Gasteiger partial charge in [0.1, 0.15) is 0 Å². The zero-order valence-corrected chi connectivity index (χ0v) is 14.3. The fourth-order valence-electron chi connectivity index (χ4n) is 2.54. The Morgan fingerprint density at radius 3 is 2.21 bits per heavy atom. The van der Waals surface area contributed by atoms with Crippen molar-refractivity contribution in [3.63, 3.8) is 0 Å². The van der Waals surface area contributed by atoms with Gasteiger partial charge < -0.3 is 15.6 Å². The summed E-state index contributed by atoms with van der Waals surface area (Å²) in [4.78, 5) is 12.9. The first-order valence-electron chi connectivity index (χ1n) is 7.81. The van der Waals surface area contributed by atoms with Gasteiger partial charge in [0.15, 0.2) is 0 Å². The van der Waals surface area contributed by atoms with Crippen LogP contribution in [0.4, 0.5) is 16.2 Å². The van der Waals surface area contributed by atoms with Gasteiger partial charge in [-0.25, -0.2) is 4.79 Å². The van der Waals surface area contributed by atoms with E-state index in [0.29, 0.717) is 24.6 Å². The van der Waals surface area contributed by atoms with E-state index < -0.39 is 11.6 Å². The summed E-state index contributed by atoms with van der Waals surface area (Å²) in [7, 11) is 0. The quantitative estimate of drug-likeness (QED) is 0.804. The smallest absolute Gasteiger partial charge is 0.412 e. The van der Waals surface area contributed by atoms with E-state index in [9.17, 15) is 9.90 Å². The van der Waals surface area contributed by atoms with E-state index in [1.165, 1.54) is 4.90 Å². The lowest BCUT2D eigenvalue weighted by molar-refractivity contribution is 0.107. The zero-order chi connectivity index (χ0) is 17.7. The Bertz CT molecular complexity index is 708. The van der Waals surface area contributed by atoms with Crippen LogP contribution in [0.5, 0.6) is 0 Å². The summed E-state index contributed by atoms with van der Waals surface area (Å²) in [5.41, 5.74) is 8.50. The monoisotopic (exact) mass is 328 g/mol. The van der Waals surface area contributed by atoms with Crippen LogP contribution >= 0.6 is 0 Å². The third-order valence-electron chi connectivity index (χ3n) is 3.52. The molecule has 24 heavy (non-hydrogen) atoms. The number of carboxylic acid groups (broad SMARTS) is 1. The molecule has 2 aromatic rings. The number of carbonyl (C=O) groups is 1. The standard InChI is InChI=1S/C19H24N2O3/c1-19(2,3)21(18(22)23)17-9-5-7-15(11-17)13-24-12-14-6-4-8-16(20)10-14/h4-11H,12-13,20H2,1-3H3,(H,22,23). The molecule has 0 atom stereocenters. The maximum absolute atomic E-state index is 11.6. The normalized spacial score (nSPS) is 11.3. The highest BCUT2D eigenvalue weighted by Gasteiger charge is 2.27. The Morgan fingerprint density at radius 1 is 1.08 bits per heavy atom. The highest BCUT2D eigenvalue weighted by Crippen LogP contribution is 2.25. The number of hydrogen-bond acceptors (Lipinski definition) is 3. The molecule has 0 aromatic heterocycles. The fraction of sp³-hybridized carbons (Fsp3) is 0.316. The van der Waals surface area contributed by atoms with Crippen molar-refractivity contribution in [2.24, 2.45) is 0 Å². The summed E-state index contributed by atoms with van der Waals surface area (Å²) in [5.74, 6) is 0. The molecule has 2 aromatic carbocycles. The van der Waals surface area contributed by atoms with Crippen molar-refractivity contribution in [1.29, 1.82) is 0 Å². The fourth-order valence-corrected chi connectivity index (χ4v) is 2.54. The maximum atomic E-state index is 11.6. The lowest BCUT2D eigenvalue weighted by atomic mass is 10.0. The van der Waals surface area contributed by atoms with Crippen molar-refractivity contribution in [2.75, 3.05) is 10.6 Å². The molecule has 0 aliphatic heterocycles. The van der Waals surface area contributed by atoms with Gasteiger partial charge in [-0.3, -0.25) is 4.90 Å². The van der Waals surface area contributed by atoms with Crippen LogP contribution in [0.1, 0.15) is 31.9 Å². The van der Waals surface area contributed by atoms with Crippen molar-refractivity contribution >= 4 is 17.5 Å². The summed E-state index contributed by atoms with van der Waals surface area (Å²) in [6.07, 6.45) is -0.972. The molecule has 1 amide bonds.